The highest BCUT2D eigenvalue weighted by Gasteiger charge is 2.23. The van der Waals surface area contributed by atoms with Crippen molar-refractivity contribution < 1.29 is 9.52 Å². The number of anilines is 1. The fourth-order valence-corrected chi connectivity index (χ4v) is 2.65. The molecule has 1 heterocycles. The Morgan fingerprint density at radius 3 is 2.89 bits per heavy atom. The zero-order valence-electron chi connectivity index (χ0n) is 10.3. The topological polar surface area (TPSA) is 58.3 Å². The van der Waals surface area contributed by atoms with Gasteiger partial charge in [-0.2, -0.15) is 4.98 Å². The molecule has 2 aromatic rings. The van der Waals surface area contributed by atoms with E-state index in [0.29, 0.717) is 18.5 Å². The lowest BCUT2D eigenvalue weighted by Gasteiger charge is -2.17. The first-order valence-corrected chi connectivity index (χ1v) is 6.60. The first-order chi connectivity index (χ1) is 8.83. The number of rotatable bonds is 4. The van der Waals surface area contributed by atoms with Gasteiger partial charge in [0.05, 0.1) is 6.10 Å². The fourth-order valence-electron chi connectivity index (χ4n) is 2.65. The minimum absolute atomic E-state index is 0.303. The molecule has 1 unspecified atom stereocenters. The van der Waals surface area contributed by atoms with Crippen molar-refractivity contribution in [3.05, 3.63) is 24.3 Å². The summed E-state index contributed by atoms with van der Waals surface area (Å²) in [7, 11) is 0. The average molecular weight is 246 g/mol. The molecule has 96 valence electrons. The first kappa shape index (κ1) is 11.5. The molecule has 1 aliphatic rings. The van der Waals surface area contributed by atoms with E-state index in [-0.39, 0.29) is 6.10 Å². The number of para-hydroxylation sites is 2. The van der Waals surface area contributed by atoms with Crippen LogP contribution in [0.15, 0.2) is 28.7 Å². The number of nitrogens with zero attached hydrogens (tertiary/aromatic N) is 1. The fraction of sp³-hybridized carbons (Fsp3) is 0.500. The number of oxazole rings is 1. The van der Waals surface area contributed by atoms with Crippen LogP contribution in [-0.4, -0.2) is 22.7 Å². The van der Waals surface area contributed by atoms with Crippen molar-refractivity contribution >= 4 is 17.1 Å². The highest BCUT2D eigenvalue weighted by atomic mass is 16.4. The van der Waals surface area contributed by atoms with Gasteiger partial charge in [-0.15, -0.1) is 0 Å². The van der Waals surface area contributed by atoms with Gasteiger partial charge in [-0.25, -0.2) is 0 Å². The van der Waals surface area contributed by atoms with Crippen LogP contribution in [0.25, 0.3) is 11.1 Å². The number of aliphatic hydroxyl groups is 1. The number of nitrogens with one attached hydrogen (secondary N) is 1. The maximum atomic E-state index is 10.1. The van der Waals surface area contributed by atoms with Crippen LogP contribution in [0.1, 0.15) is 25.7 Å². The average Bonchev–Trinajstić information content (AvgIpc) is 3.04. The van der Waals surface area contributed by atoms with Gasteiger partial charge in [-0.3, -0.25) is 0 Å². The molecule has 1 aliphatic carbocycles. The summed E-state index contributed by atoms with van der Waals surface area (Å²) in [4.78, 5) is 4.32. The third-order valence-electron chi connectivity index (χ3n) is 3.70. The van der Waals surface area contributed by atoms with Crippen LogP contribution in [0.5, 0.6) is 0 Å². The molecule has 0 saturated heterocycles. The van der Waals surface area contributed by atoms with Crippen LogP contribution >= 0.6 is 0 Å². The van der Waals surface area contributed by atoms with Crippen LogP contribution < -0.4 is 5.32 Å². The zero-order chi connectivity index (χ0) is 12.4. The van der Waals surface area contributed by atoms with Crippen LogP contribution in [0.4, 0.5) is 6.01 Å². The van der Waals surface area contributed by atoms with Gasteiger partial charge in [0.25, 0.3) is 6.01 Å². The van der Waals surface area contributed by atoms with Gasteiger partial charge >= 0.3 is 0 Å². The maximum absolute atomic E-state index is 10.1. The molecule has 4 nitrogen and oxygen atoms in total. The second-order valence-electron chi connectivity index (χ2n) is 4.98. The lowest BCUT2D eigenvalue weighted by Crippen LogP contribution is -2.26. The van der Waals surface area contributed by atoms with Crippen LogP contribution in [0.2, 0.25) is 0 Å². The Morgan fingerprint density at radius 2 is 2.11 bits per heavy atom. The number of aliphatic hydroxyl groups excluding tert-OH is 1. The summed E-state index contributed by atoms with van der Waals surface area (Å²) in [6.45, 7) is 0.511. The molecule has 1 aromatic carbocycles. The smallest absolute Gasteiger partial charge is 0.295 e. The second-order valence-corrected chi connectivity index (χ2v) is 4.98. The lowest BCUT2D eigenvalue weighted by molar-refractivity contribution is 0.122. The highest BCUT2D eigenvalue weighted by Crippen LogP contribution is 2.28. The summed E-state index contributed by atoms with van der Waals surface area (Å²) in [5.74, 6) is 0.432. The molecule has 0 amide bonds. The lowest BCUT2D eigenvalue weighted by atomic mass is 10.0. The van der Waals surface area contributed by atoms with Gasteiger partial charge in [0.2, 0.25) is 0 Å². The molecule has 18 heavy (non-hydrogen) atoms. The van der Waals surface area contributed by atoms with Crippen LogP contribution in [-0.2, 0) is 0 Å². The summed E-state index contributed by atoms with van der Waals surface area (Å²) in [5.41, 5.74) is 1.62. The Kier molecular flexibility index (Phi) is 3.19. The minimum Gasteiger partial charge on any atom is -0.424 e. The molecule has 0 bridgehead atoms. The number of fused-ring (bicyclic) bond motifs is 1. The Balaban J connectivity index is 1.62. The zero-order valence-corrected chi connectivity index (χ0v) is 10.3. The molecule has 1 aromatic heterocycles. The van der Waals surface area contributed by atoms with Crippen LogP contribution in [0, 0.1) is 5.92 Å². The van der Waals surface area contributed by atoms with Gasteiger partial charge in [0.1, 0.15) is 5.52 Å². The monoisotopic (exact) mass is 246 g/mol. The normalized spacial score (nSPS) is 18.3. The maximum Gasteiger partial charge on any atom is 0.295 e. The number of aromatic nitrogens is 1. The Hall–Kier alpha value is -1.55. The van der Waals surface area contributed by atoms with Crippen molar-refractivity contribution in [1.82, 2.24) is 4.98 Å². The van der Waals surface area contributed by atoms with E-state index in [1.54, 1.807) is 0 Å². The quantitative estimate of drug-likeness (QED) is 0.871. The predicted octanol–water partition coefficient (Wildman–Crippen LogP) is 2.79. The predicted molar refractivity (Wildman–Crippen MR) is 70.5 cm³/mol. The van der Waals surface area contributed by atoms with E-state index >= 15 is 0 Å². The molecule has 1 saturated carbocycles. The number of hydrogen-bond acceptors (Lipinski definition) is 4. The molecule has 1 atom stereocenters. The summed E-state index contributed by atoms with van der Waals surface area (Å²) in [5, 5.41) is 13.1. The van der Waals surface area contributed by atoms with E-state index in [0.717, 1.165) is 23.9 Å². The molecule has 0 aliphatic heterocycles. The van der Waals surface area contributed by atoms with Gasteiger partial charge in [0.15, 0.2) is 5.58 Å². The van der Waals surface area contributed by atoms with Crippen molar-refractivity contribution in [2.75, 3.05) is 11.9 Å². The Labute approximate surface area is 106 Å². The molecule has 1 fully saturated rings. The summed E-state index contributed by atoms with van der Waals surface area (Å²) < 4.78 is 5.55. The molecule has 2 N–H and O–H groups in total. The summed E-state index contributed by atoms with van der Waals surface area (Å²) in [6, 6.07) is 8.15. The first-order valence-electron chi connectivity index (χ1n) is 6.60. The third-order valence-corrected chi connectivity index (χ3v) is 3.70. The second kappa shape index (κ2) is 4.98. The van der Waals surface area contributed by atoms with Crippen molar-refractivity contribution in [2.45, 2.75) is 31.8 Å². The van der Waals surface area contributed by atoms with Crippen LogP contribution in [0.3, 0.4) is 0 Å². The van der Waals surface area contributed by atoms with E-state index < -0.39 is 0 Å². The highest BCUT2D eigenvalue weighted by molar-refractivity contribution is 5.74. The Morgan fingerprint density at radius 1 is 1.33 bits per heavy atom. The standard InChI is InChI=1S/C14H18N2O2/c17-12(10-5-1-2-6-10)9-15-14-16-11-7-3-4-8-13(11)18-14/h3-4,7-8,10,12,17H,1-2,5-6,9H2,(H,15,16). The SMILES string of the molecule is OC(CNc1nc2ccccc2o1)C1CCCC1. The van der Waals surface area contributed by atoms with Gasteiger partial charge in [-0.05, 0) is 30.9 Å². The van der Waals surface area contributed by atoms with Crippen molar-refractivity contribution in [3.63, 3.8) is 0 Å². The molecule has 0 radical (unpaired) electrons. The van der Waals surface area contributed by atoms with E-state index in [9.17, 15) is 5.11 Å². The van der Waals surface area contributed by atoms with Crippen molar-refractivity contribution in [2.24, 2.45) is 5.92 Å². The molecule has 0 spiro atoms. The number of benzene rings is 1. The Bertz CT molecular complexity index is 484. The minimum atomic E-state index is -0.303. The van der Waals surface area contributed by atoms with E-state index in [2.05, 4.69) is 10.3 Å². The third kappa shape index (κ3) is 2.34. The number of hydrogen-bond donors (Lipinski definition) is 2. The van der Waals surface area contributed by atoms with Crippen molar-refractivity contribution in [1.29, 1.82) is 0 Å². The van der Waals surface area contributed by atoms with Gasteiger partial charge in [0, 0.05) is 6.54 Å². The van der Waals surface area contributed by atoms with E-state index in [4.69, 9.17) is 4.42 Å². The van der Waals surface area contributed by atoms with Gasteiger partial charge < -0.3 is 14.8 Å². The van der Waals surface area contributed by atoms with E-state index in [1.807, 2.05) is 24.3 Å². The van der Waals surface area contributed by atoms with Crippen molar-refractivity contribution in [3.8, 4) is 0 Å². The molecule has 4 heteroatoms. The molecule has 3 rings (SSSR count). The summed E-state index contributed by atoms with van der Waals surface area (Å²) >= 11 is 0. The van der Waals surface area contributed by atoms with Gasteiger partial charge in [-0.1, -0.05) is 25.0 Å². The molecular formula is C14H18N2O2. The molecular weight excluding hydrogens is 228 g/mol. The summed E-state index contributed by atoms with van der Waals surface area (Å²) in [6.07, 6.45) is 4.45. The largest absolute Gasteiger partial charge is 0.424 e. The van der Waals surface area contributed by atoms with E-state index in [1.165, 1.54) is 12.8 Å².